The lowest BCUT2D eigenvalue weighted by atomic mass is 9.93. The van der Waals surface area contributed by atoms with Crippen LogP contribution >= 0.6 is 7.82 Å². The van der Waals surface area contributed by atoms with Crippen molar-refractivity contribution in [2.75, 3.05) is 19.8 Å². The summed E-state index contributed by atoms with van der Waals surface area (Å²) < 4.78 is 62.0. The van der Waals surface area contributed by atoms with E-state index in [1.165, 1.54) is 12.1 Å². The predicted molar refractivity (Wildman–Crippen MR) is 137 cm³/mol. The van der Waals surface area contributed by atoms with E-state index in [4.69, 9.17) is 20.3 Å². The molecule has 3 aromatic carbocycles. The zero-order chi connectivity index (χ0) is 27.8. The van der Waals surface area contributed by atoms with E-state index in [2.05, 4.69) is 10.6 Å². The summed E-state index contributed by atoms with van der Waals surface area (Å²) in [6.07, 6.45) is -3.55. The topological polar surface area (TPSA) is 122 Å². The number of nitrogens with two attached hydrogens (primary N) is 1. The van der Waals surface area contributed by atoms with Gasteiger partial charge in [0.05, 0.1) is 30.9 Å². The monoisotopic (exact) mass is 553 g/mol. The van der Waals surface area contributed by atoms with Crippen LogP contribution in [0.15, 0.2) is 72.8 Å². The Bertz CT molecular complexity index is 1230. The van der Waals surface area contributed by atoms with E-state index in [9.17, 15) is 22.8 Å². The molecule has 3 rings (SSSR count). The van der Waals surface area contributed by atoms with E-state index in [1.54, 1.807) is 0 Å². The fourth-order valence-corrected chi connectivity index (χ4v) is 4.30. The van der Waals surface area contributed by atoms with E-state index in [-0.39, 0.29) is 30.8 Å². The summed E-state index contributed by atoms with van der Waals surface area (Å²) in [5.74, 6) is -0.287. The molecule has 11 heteroatoms. The van der Waals surface area contributed by atoms with Crippen LogP contribution in [0.3, 0.4) is 0 Å². The van der Waals surface area contributed by atoms with Gasteiger partial charge in [0.2, 0.25) is 0 Å². The van der Waals surface area contributed by atoms with Gasteiger partial charge in [0.15, 0.2) is 0 Å². The van der Waals surface area contributed by atoms with Gasteiger partial charge in [-0.1, -0.05) is 60.7 Å². The Morgan fingerprint density at radius 1 is 0.868 bits per heavy atom. The number of aliphatic hydroxyl groups excluding tert-OH is 1. The van der Waals surface area contributed by atoms with Crippen LogP contribution in [0.1, 0.15) is 29.5 Å². The second-order valence-corrected chi connectivity index (χ2v) is 10.4. The molecule has 0 heterocycles. The zero-order valence-corrected chi connectivity index (χ0v) is 21.5. The molecule has 0 amide bonds. The molecular weight excluding hydrogens is 522 g/mol. The number of hydrogen-bond acceptors (Lipinski definition) is 5. The highest BCUT2D eigenvalue weighted by Crippen LogP contribution is 2.38. The molecule has 0 aromatic heterocycles. The van der Waals surface area contributed by atoms with Crippen molar-refractivity contribution in [1.82, 2.24) is 0 Å². The van der Waals surface area contributed by atoms with Gasteiger partial charge in [-0.05, 0) is 60.1 Å². The lowest BCUT2D eigenvalue weighted by Gasteiger charge is -2.27. The summed E-state index contributed by atoms with van der Waals surface area (Å²) in [5, 5.41) is 9.51. The highest BCUT2D eigenvalue weighted by molar-refractivity contribution is 7.46. The number of aliphatic hydroxyl groups is 1. The van der Waals surface area contributed by atoms with Gasteiger partial charge < -0.3 is 25.4 Å². The molecule has 1 unspecified atom stereocenters. The molecule has 0 saturated carbocycles. The van der Waals surface area contributed by atoms with Gasteiger partial charge >= 0.3 is 14.0 Å². The lowest BCUT2D eigenvalue weighted by molar-refractivity contribution is -0.139. The molecule has 1 atom stereocenters. The van der Waals surface area contributed by atoms with Crippen LogP contribution in [0.5, 0.6) is 5.75 Å². The Morgan fingerprint density at radius 2 is 1.55 bits per heavy atom. The first-order valence-corrected chi connectivity index (χ1v) is 13.5. The van der Waals surface area contributed by atoms with E-state index >= 15 is 0 Å². The van der Waals surface area contributed by atoms with Crippen LogP contribution in [0.25, 0.3) is 11.1 Å². The van der Waals surface area contributed by atoms with Crippen LogP contribution < -0.4 is 10.5 Å². The van der Waals surface area contributed by atoms with Crippen molar-refractivity contribution in [3.63, 3.8) is 0 Å². The fourth-order valence-electron chi connectivity index (χ4n) is 3.88. The van der Waals surface area contributed by atoms with Gasteiger partial charge in [0.1, 0.15) is 5.75 Å². The Hall–Kier alpha value is -2.72. The van der Waals surface area contributed by atoms with E-state index < -0.39 is 38.3 Å². The summed E-state index contributed by atoms with van der Waals surface area (Å²) in [6.45, 7) is -1.24. The Balaban J connectivity index is 1.60. The molecule has 206 valence electrons. The Kier molecular flexibility index (Phi) is 10.1. The molecular formula is C27H31F3NO6P. The maximum atomic E-state index is 13.7. The van der Waals surface area contributed by atoms with Crippen molar-refractivity contribution >= 4 is 7.82 Å². The third-order valence-electron chi connectivity index (χ3n) is 6.00. The van der Waals surface area contributed by atoms with Crippen molar-refractivity contribution in [2.45, 2.75) is 37.4 Å². The van der Waals surface area contributed by atoms with Crippen molar-refractivity contribution in [3.8, 4) is 16.9 Å². The summed E-state index contributed by atoms with van der Waals surface area (Å²) in [6, 6.07) is 21.5. The minimum atomic E-state index is -4.81. The largest absolute Gasteiger partial charge is 0.493 e. The first kappa shape index (κ1) is 29.8. The number of alkyl halides is 3. The molecule has 0 fully saturated rings. The van der Waals surface area contributed by atoms with Gasteiger partial charge in [-0.25, -0.2) is 4.57 Å². The number of phosphoric acid groups is 1. The molecule has 0 aliphatic heterocycles. The second-order valence-electron chi connectivity index (χ2n) is 9.13. The van der Waals surface area contributed by atoms with Crippen LogP contribution in [-0.4, -0.2) is 40.3 Å². The minimum absolute atomic E-state index is 0.0166. The summed E-state index contributed by atoms with van der Waals surface area (Å²) in [5.41, 5.74) is 6.93. The third-order valence-corrected chi connectivity index (χ3v) is 6.46. The quantitative estimate of drug-likeness (QED) is 0.171. The smallest absolute Gasteiger partial charge is 0.469 e. The minimum Gasteiger partial charge on any atom is -0.493 e. The highest BCUT2D eigenvalue weighted by atomic mass is 31.2. The zero-order valence-electron chi connectivity index (χ0n) is 20.6. The van der Waals surface area contributed by atoms with Crippen LogP contribution in [-0.2, 0) is 28.1 Å². The van der Waals surface area contributed by atoms with Crippen molar-refractivity contribution in [1.29, 1.82) is 0 Å². The average Bonchev–Trinajstić information content (AvgIpc) is 2.89. The van der Waals surface area contributed by atoms with Crippen molar-refractivity contribution < 1.29 is 41.9 Å². The van der Waals surface area contributed by atoms with E-state index in [0.29, 0.717) is 12.8 Å². The molecule has 7 nitrogen and oxygen atoms in total. The van der Waals surface area contributed by atoms with E-state index in [1.807, 2.05) is 48.5 Å². The molecule has 0 aliphatic carbocycles. The first-order valence-electron chi connectivity index (χ1n) is 12.0. The van der Waals surface area contributed by atoms with Crippen LogP contribution in [0.4, 0.5) is 13.2 Å². The number of ether oxygens (including phenoxy) is 1. The number of halogens is 3. The van der Waals surface area contributed by atoms with Crippen molar-refractivity contribution in [2.24, 2.45) is 5.73 Å². The maximum Gasteiger partial charge on any atom is 0.469 e. The fraction of sp³-hybridized carbons (Fsp3) is 0.333. The average molecular weight is 554 g/mol. The lowest BCUT2D eigenvalue weighted by Crippen LogP contribution is -2.48. The standard InChI is InChI=1S/C27H31F3NO6P/c28-27(29,30)24-17-21(13-14-26(31,18-32)19-37-38(33,34)35)11-12-25(24)36-15-5-7-20-6-4-10-23(16-20)22-8-2-1-3-9-22/h1-4,6,8-12,16-17,32H,5,7,13-15,18-19,31H2,(H2,33,34,35). The van der Waals surface area contributed by atoms with Crippen LogP contribution in [0.2, 0.25) is 0 Å². The first-order chi connectivity index (χ1) is 17.9. The second kappa shape index (κ2) is 12.9. The summed E-state index contributed by atoms with van der Waals surface area (Å²) in [4.78, 5) is 17.7. The third kappa shape index (κ3) is 9.23. The van der Waals surface area contributed by atoms with Crippen LogP contribution in [0, 0.1) is 0 Å². The molecule has 0 bridgehead atoms. The molecule has 38 heavy (non-hydrogen) atoms. The SMILES string of the molecule is NC(CO)(CCc1ccc(OCCCc2cccc(-c3ccccc3)c2)c(C(F)(F)F)c1)COP(=O)(O)O. The molecule has 0 saturated heterocycles. The molecule has 0 radical (unpaired) electrons. The van der Waals surface area contributed by atoms with Gasteiger partial charge in [-0.2, -0.15) is 13.2 Å². The Labute approximate surface area is 219 Å². The predicted octanol–water partition coefficient (Wildman–Crippen LogP) is 5.12. The normalized spacial score (nSPS) is 13.8. The maximum absolute atomic E-state index is 13.7. The number of rotatable bonds is 13. The van der Waals surface area contributed by atoms with Gasteiger partial charge in [0.25, 0.3) is 0 Å². The Morgan fingerprint density at radius 3 is 2.21 bits per heavy atom. The summed E-state index contributed by atoms with van der Waals surface area (Å²) >= 11 is 0. The molecule has 3 aromatic rings. The summed E-state index contributed by atoms with van der Waals surface area (Å²) in [7, 11) is -4.81. The van der Waals surface area contributed by atoms with Gasteiger partial charge in [0, 0.05) is 0 Å². The van der Waals surface area contributed by atoms with E-state index in [0.717, 1.165) is 22.8 Å². The number of aryl methyl sites for hydroxylation is 2. The number of phosphoric ester groups is 1. The van der Waals surface area contributed by atoms with Gasteiger partial charge in [-0.15, -0.1) is 0 Å². The highest BCUT2D eigenvalue weighted by Gasteiger charge is 2.35. The van der Waals surface area contributed by atoms with Crippen molar-refractivity contribution in [3.05, 3.63) is 89.5 Å². The van der Waals surface area contributed by atoms with Gasteiger partial charge in [-0.3, -0.25) is 4.52 Å². The molecule has 5 N–H and O–H groups in total. The molecule has 0 spiro atoms. The number of hydrogen-bond donors (Lipinski definition) is 4. The number of benzene rings is 3. The molecule has 0 aliphatic rings.